The Bertz CT molecular complexity index is 1270. The molecular weight excluding hydrogens is 419 g/mol. The molecule has 4 aromatic rings. The molecule has 2 aromatic heterocycles. The minimum Gasteiger partial charge on any atom is -0.432 e. The van der Waals surface area contributed by atoms with Crippen LogP contribution in [-0.2, 0) is 0 Å². The van der Waals surface area contributed by atoms with E-state index in [1.807, 2.05) is 36.4 Å². The Hall–Kier alpha value is -2.82. The van der Waals surface area contributed by atoms with E-state index in [4.69, 9.17) is 38.3 Å². The Kier molecular flexibility index (Phi) is 5.08. The number of carbonyl (C=O) groups is 1. The number of benzene rings is 2. The van der Waals surface area contributed by atoms with Crippen LogP contribution in [0.2, 0.25) is 10.0 Å². The largest absolute Gasteiger partial charge is 0.432 e. The third-order valence-electron chi connectivity index (χ3n) is 4.85. The number of furan rings is 1. The van der Waals surface area contributed by atoms with Crippen molar-refractivity contribution in [1.29, 1.82) is 0 Å². The fourth-order valence-electron chi connectivity index (χ4n) is 3.23. The summed E-state index contributed by atoms with van der Waals surface area (Å²) in [6, 6.07) is 16.6. The second-order valence-corrected chi connectivity index (χ2v) is 8.95. The summed E-state index contributed by atoms with van der Waals surface area (Å²) in [6.07, 6.45) is 0. The molecular formula is C24H19Cl2N2O2. The number of hydrogen-bond donors (Lipinski definition) is 0. The Morgan fingerprint density at radius 2 is 1.67 bits per heavy atom. The molecule has 4 rings (SSSR count). The van der Waals surface area contributed by atoms with Crippen LogP contribution in [0.3, 0.4) is 0 Å². The van der Waals surface area contributed by atoms with Gasteiger partial charge in [0.1, 0.15) is 5.69 Å². The molecule has 0 amide bonds. The second-order valence-electron chi connectivity index (χ2n) is 8.11. The van der Waals surface area contributed by atoms with Gasteiger partial charge in [-0.2, -0.15) is 0 Å². The average Bonchev–Trinajstić information content (AvgIpc) is 3.02. The van der Waals surface area contributed by atoms with Gasteiger partial charge in [-0.15, -0.1) is 0 Å². The van der Waals surface area contributed by atoms with Gasteiger partial charge in [-0.25, -0.2) is 4.98 Å². The van der Waals surface area contributed by atoms with E-state index in [1.165, 1.54) is 0 Å². The molecule has 6 heteroatoms. The Morgan fingerprint density at radius 1 is 1.00 bits per heavy atom. The predicted molar refractivity (Wildman–Crippen MR) is 121 cm³/mol. The number of nitrogens with zero attached hydrogens (tertiary/aromatic N) is 1. The van der Waals surface area contributed by atoms with Crippen LogP contribution in [0.5, 0.6) is 0 Å². The highest BCUT2D eigenvalue weighted by atomic mass is 35.5. The lowest BCUT2D eigenvalue weighted by atomic mass is 9.89. The van der Waals surface area contributed by atoms with Crippen molar-refractivity contribution < 1.29 is 9.21 Å². The van der Waals surface area contributed by atoms with Crippen molar-refractivity contribution in [2.75, 3.05) is 0 Å². The normalized spacial score (nSPS) is 11.8. The predicted octanol–water partition coefficient (Wildman–Crippen LogP) is 7.61. The van der Waals surface area contributed by atoms with Gasteiger partial charge in [0.05, 0.1) is 11.1 Å². The zero-order valence-electron chi connectivity index (χ0n) is 16.7. The zero-order valence-corrected chi connectivity index (χ0v) is 18.2. The number of rotatable bonds is 3. The SMILES string of the molecule is CC(C)(C)C(=O)c1oc2nc(-c3ccccc3Cl)c(-c3ccc(Cl)cc3)cc2c1[NH]. The van der Waals surface area contributed by atoms with Gasteiger partial charge in [-0.3, -0.25) is 10.5 Å². The lowest BCUT2D eigenvalue weighted by molar-refractivity contribution is 0.0831. The molecule has 0 aliphatic heterocycles. The first-order chi connectivity index (χ1) is 14.2. The maximum Gasteiger partial charge on any atom is 0.229 e. The molecule has 0 saturated heterocycles. The maximum atomic E-state index is 12.8. The molecule has 0 saturated carbocycles. The van der Waals surface area contributed by atoms with E-state index in [-0.39, 0.29) is 22.9 Å². The van der Waals surface area contributed by atoms with E-state index in [9.17, 15) is 4.79 Å². The van der Waals surface area contributed by atoms with Gasteiger partial charge >= 0.3 is 0 Å². The number of ketones is 1. The van der Waals surface area contributed by atoms with E-state index >= 15 is 0 Å². The van der Waals surface area contributed by atoms with Crippen LogP contribution in [0, 0.1) is 5.41 Å². The standard InChI is InChI=1S/C24H19Cl2N2O2/c1-24(2,3)22(29)21-19(27)17-12-16(13-8-10-14(25)11-9-13)20(28-23(17)30-21)15-6-4-5-7-18(15)26/h4-12,27H,1-3H3. The minimum absolute atomic E-state index is 0.0170. The van der Waals surface area contributed by atoms with Crippen molar-refractivity contribution in [2.45, 2.75) is 20.8 Å². The van der Waals surface area contributed by atoms with E-state index in [0.29, 0.717) is 21.1 Å². The third-order valence-corrected chi connectivity index (χ3v) is 5.44. The van der Waals surface area contributed by atoms with E-state index in [0.717, 1.165) is 16.7 Å². The number of halogens is 2. The summed E-state index contributed by atoms with van der Waals surface area (Å²) < 4.78 is 5.79. The monoisotopic (exact) mass is 437 g/mol. The molecule has 1 radical (unpaired) electrons. The van der Waals surface area contributed by atoms with Crippen molar-refractivity contribution in [1.82, 2.24) is 10.7 Å². The molecule has 2 aromatic carbocycles. The maximum absolute atomic E-state index is 12.8. The summed E-state index contributed by atoms with van der Waals surface area (Å²) in [4.78, 5) is 17.5. The molecule has 4 nitrogen and oxygen atoms in total. The molecule has 0 bridgehead atoms. The minimum atomic E-state index is -0.672. The first-order valence-corrected chi connectivity index (χ1v) is 10.2. The summed E-state index contributed by atoms with van der Waals surface area (Å²) in [5, 5.41) is 1.64. The van der Waals surface area contributed by atoms with Crippen molar-refractivity contribution in [2.24, 2.45) is 5.41 Å². The molecule has 0 aliphatic carbocycles. The third kappa shape index (κ3) is 3.57. The highest BCUT2D eigenvalue weighted by molar-refractivity contribution is 6.33. The van der Waals surface area contributed by atoms with Crippen molar-refractivity contribution >= 4 is 45.8 Å². The fourth-order valence-corrected chi connectivity index (χ4v) is 3.58. The van der Waals surface area contributed by atoms with E-state index in [2.05, 4.69) is 0 Å². The Balaban J connectivity index is 2.03. The van der Waals surface area contributed by atoms with Gasteiger partial charge in [0.25, 0.3) is 0 Å². The number of Topliss-reactive ketones (excluding diaryl/α,β-unsaturated/α-hetero) is 1. The van der Waals surface area contributed by atoms with Crippen molar-refractivity contribution in [3.8, 4) is 22.4 Å². The van der Waals surface area contributed by atoms with Gasteiger partial charge in [0.15, 0.2) is 5.76 Å². The van der Waals surface area contributed by atoms with Gasteiger partial charge in [0, 0.05) is 26.6 Å². The van der Waals surface area contributed by atoms with Crippen LogP contribution in [0.25, 0.3) is 33.5 Å². The number of carbonyl (C=O) groups excluding carboxylic acids is 1. The summed E-state index contributed by atoms with van der Waals surface area (Å²) in [6.45, 7) is 5.39. The highest BCUT2D eigenvalue weighted by Crippen LogP contribution is 2.41. The number of hydrogen-bond acceptors (Lipinski definition) is 3. The van der Waals surface area contributed by atoms with Crippen LogP contribution in [0.4, 0.5) is 5.69 Å². The molecule has 0 atom stereocenters. The van der Waals surface area contributed by atoms with Crippen LogP contribution < -0.4 is 5.73 Å². The first-order valence-electron chi connectivity index (χ1n) is 9.41. The van der Waals surface area contributed by atoms with Crippen molar-refractivity contribution in [3.63, 3.8) is 0 Å². The Morgan fingerprint density at radius 3 is 2.30 bits per heavy atom. The summed E-state index contributed by atoms with van der Waals surface area (Å²) in [5.74, 6) is -0.221. The summed E-state index contributed by atoms with van der Waals surface area (Å²) >= 11 is 12.5. The molecule has 0 spiro atoms. The molecule has 2 heterocycles. The van der Waals surface area contributed by atoms with E-state index in [1.54, 1.807) is 39.0 Å². The number of pyridine rings is 1. The van der Waals surface area contributed by atoms with Gasteiger partial charge in [-0.05, 0) is 29.8 Å². The average molecular weight is 438 g/mol. The Labute approximate surface area is 184 Å². The van der Waals surface area contributed by atoms with Gasteiger partial charge in [-0.1, -0.05) is 74.3 Å². The van der Waals surface area contributed by atoms with Crippen molar-refractivity contribution in [3.05, 3.63) is 70.4 Å². The van der Waals surface area contributed by atoms with Crippen LogP contribution in [0.15, 0.2) is 59.0 Å². The van der Waals surface area contributed by atoms with Crippen LogP contribution >= 0.6 is 23.2 Å². The van der Waals surface area contributed by atoms with E-state index < -0.39 is 5.41 Å². The molecule has 30 heavy (non-hydrogen) atoms. The quantitative estimate of drug-likeness (QED) is 0.309. The lowest BCUT2D eigenvalue weighted by Gasteiger charge is -2.14. The van der Waals surface area contributed by atoms with Gasteiger partial charge < -0.3 is 4.42 Å². The van der Waals surface area contributed by atoms with Crippen LogP contribution in [0.1, 0.15) is 31.3 Å². The molecule has 1 N–H and O–H groups in total. The molecule has 151 valence electrons. The number of nitrogens with one attached hydrogen (secondary N) is 1. The fraction of sp³-hybridized carbons (Fsp3) is 0.167. The first kappa shape index (κ1) is 20.5. The molecule has 0 unspecified atom stereocenters. The van der Waals surface area contributed by atoms with Crippen LogP contribution in [-0.4, -0.2) is 10.8 Å². The summed E-state index contributed by atoms with van der Waals surface area (Å²) in [5.41, 5.74) is 11.1. The van der Waals surface area contributed by atoms with Gasteiger partial charge in [0.2, 0.25) is 11.5 Å². The topological polar surface area (TPSA) is 66.9 Å². The molecule has 0 fully saturated rings. The lowest BCUT2D eigenvalue weighted by Crippen LogP contribution is -2.19. The smallest absolute Gasteiger partial charge is 0.229 e. The zero-order chi connectivity index (χ0) is 21.6. The second kappa shape index (κ2) is 7.46. The summed E-state index contributed by atoms with van der Waals surface area (Å²) in [7, 11) is 0. The highest BCUT2D eigenvalue weighted by Gasteiger charge is 2.30. The number of fused-ring (bicyclic) bond motifs is 1. The molecule has 0 aliphatic rings. The number of aromatic nitrogens is 1.